The largest absolute Gasteiger partial charge is 0.493 e. The highest BCUT2D eigenvalue weighted by molar-refractivity contribution is 5.91. The summed E-state index contributed by atoms with van der Waals surface area (Å²) in [7, 11) is 4.64. The third kappa shape index (κ3) is 2.13. The smallest absolute Gasteiger partial charge is 0.350 e. The zero-order valence-electron chi connectivity index (χ0n) is 16.0. The van der Waals surface area contributed by atoms with Gasteiger partial charge in [-0.25, -0.2) is 4.79 Å². The van der Waals surface area contributed by atoms with Gasteiger partial charge in [-0.1, -0.05) is 30.3 Å². The summed E-state index contributed by atoms with van der Waals surface area (Å²) in [5.74, 6) is 0.877. The SMILES string of the molecule is COc1cc2c(c(OC)c1OC)C1(c3ccccc3)OC(OC1=O)C2(C)C. The molecule has 0 amide bonds. The molecule has 0 saturated carbocycles. The summed E-state index contributed by atoms with van der Waals surface area (Å²) in [5.41, 5.74) is 0.120. The molecule has 2 aliphatic heterocycles. The summed E-state index contributed by atoms with van der Waals surface area (Å²) >= 11 is 0. The molecule has 2 aromatic carbocycles. The fourth-order valence-corrected chi connectivity index (χ4v) is 4.01. The number of fused-ring (bicyclic) bond motifs is 4. The lowest BCUT2D eigenvalue weighted by atomic mass is 9.72. The fraction of sp³-hybridized carbons (Fsp3) is 0.381. The van der Waals surface area contributed by atoms with Crippen LogP contribution in [0.5, 0.6) is 17.2 Å². The Kier molecular flexibility index (Phi) is 3.85. The van der Waals surface area contributed by atoms with Crippen molar-refractivity contribution >= 4 is 5.97 Å². The van der Waals surface area contributed by atoms with Crippen molar-refractivity contribution in [3.63, 3.8) is 0 Å². The van der Waals surface area contributed by atoms with Crippen LogP contribution >= 0.6 is 0 Å². The van der Waals surface area contributed by atoms with Crippen LogP contribution < -0.4 is 14.2 Å². The van der Waals surface area contributed by atoms with Crippen molar-refractivity contribution in [1.29, 1.82) is 0 Å². The maximum atomic E-state index is 13.2. The zero-order chi connectivity index (χ0) is 19.4. The molecule has 142 valence electrons. The summed E-state index contributed by atoms with van der Waals surface area (Å²) in [5, 5.41) is 0. The Hall–Kier alpha value is -2.73. The van der Waals surface area contributed by atoms with Crippen LogP contribution in [0.15, 0.2) is 36.4 Å². The van der Waals surface area contributed by atoms with Crippen LogP contribution in [-0.4, -0.2) is 33.6 Å². The minimum atomic E-state index is -1.42. The van der Waals surface area contributed by atoms with Crippen LogP contribution in [0, 0.1) is 0 Å². The first kappa shape index (κ1) is 17.7. The highest BCUT2D eigenvalue weighted by Gasteiger charge is 2.64. The highest BCUT2D eigenvalue weighted by atomic mass is 16.8. The van der Waals surface area contributed by atoms with Crippen molar-refractivity contribution in [3.05, 3.63) is 53.1 Å². The van der Waals surface area contributed by atoms with E-state index < -0.39 is 23.3 Å². The second-order valence-corrected chi connectivity index (χ2v) is 7.19. The first-order valence-electron chi connectivity index (χ1n) is 8.70. The molecule has 0 aromatic heterocycles. The number of hydrogen-bond donors (Lipinski definition) is 0. The van der Waals surface area contributed by atoms with Crippen molar-refractivity contribution in [2.24, 2.45) is 0 Å². The van der Waals surface area contributed by atoms with Gasteiger partial charge in [-0.2, -0.15) is 0 Å². The number of carbonyl (C=O) groups excluding carboxylic acids is 1. The molecule has 6 nitrogen and oxygen atoms in total. The molecular formula is C21H22O6. The molecule has 1 fully saturated rings. The molecule has 0 radical (unpaired) electrons. The predicted molar refractivity (Wildman–Crippen MR) is 97.3 cm³/mol. The monoisotopic (exact) mass is 370 g/mol. The molecule has 2 bridgehead atoms. The van der Waals surface area contributed by atoms with E-state index in [-0.39, 0.29) is 0 Å². The van der Waals surface area contributed by atoms with Crippen LogP contribution in [0.4, 0.5) is 0 Å². The molecule has 2 unspecified atom stereocenters. The predicted octanol–water partition coefficient (Wildman–Crippen LogP) is 3.15. The normalized spacial score (nSPS) is 24.8. The van der Waals surface area contributed by atoms with E-state index in [0.29, 0.717) is 28.4 Å². The molecule has 0 spiro atoms. The summed E-state index contributed by atoms with van der Waals surface area (Å²) in [4.78, 5) is 13.2. The third-order valence-corrected chi connectivity index (χ3v) is 5.43. The number of hydrogen-bond acceptors (Lipinski definition) is 6. The molecule has 2 aromatic rings. The Morgan fingerprint density at radius 1 is 0.963 bits per heavy atom. The van der Waals surface area contributed by atoms with Gasteiger partial charge in [0, 0.05) is 0 Å². The highest BCUT2D eigenvalue weighted by Crippen LogP contribution is 2.59. The number of rotatable bonds is 4. The van der Waals surface area contributed by atoms with Gasteiger partial charge in [-0.05, 0) is 31.0 Å². The second kappa shape index (κ2) is 5.89. The molecule has 0 aliphatic carbocycles. The fourth-order valence-electron chi connectivity index (χ4n) is 4.01. The van der Waals surface area contributed by atoms with E-state index in [2.05, 4.69) is 0 Å². The van der Waals surface area contributed by atoms with E-state index >= 15 is 0 Å². The summed E-state index contributed by atoms with van der Waals surface area (Å²) in [6.07, 6.45) is -0.722. The number of ether oxygens (including phenoxy) is 5. The molecule has 27 heavy (non-hydrogen) atoms. The van der Waals surface area contributed by atoms with Gasteiger partial charge in [-0.15, -0.1) is 0 Å². The van der Waals surface area contributed by atoms with Crippen molar-refractivity contribution in [2.75, 3.05) is 21.3 Å². The van der Waals surface area contributed by atoms with E-state index in [1.807, 2.05) is 50.2 Å². The van der Waals surface area contributed by atoms with Gasteiger partial charge in [0.2, 0.25) is 17.6 Å². The van der Waals surface area contributed by atoms with Crippen molar-refractivity contribution < 1.29 is 28.5 Å². The quantitative estimate of drug-likeness (QED) is 0.771. The number of esters is 1. The van der Waals surface area contributed by atoms with Gasteiger partial charge in [0.25, 0.3) is 0 Å². The van der Waals surface area contributed by atoms with Gasteiger partial charge in [0.05, 0.1) is 32.3 Å². The maximum absolute atomic E-state index is 13.2. The van der Waals surface area contributed by atoms with Gasteiger partial charge < -0.3 is 23.7 Å². The Bertz CT molecular complexity index is 905. The Morgan fingerprint density at radius 2 is 1.63 bits per heavy atom. The summed E-state index contributed by atoms with van der Waals surface area (Å²) in [6.45, 7) is 3.94. The summed E-state index contributed by atoms with van der Waals surface area (Å²) < 4.78 is 28.8. The lowest BCUT2D eigenvalue weighted by Crippen LogP contribution is -2.46. The van der Waals surface area contributed by atoms with Gasteiger partial charge in [0.15, 0.2) is 11.5 Å². The van der Waals surface area contributed by atoms with Crippen LogP contribution in [-0.2, 0) is 25.3 Å². The lowest BCUT2D eigenvalue weighted by Gasteiger charge is -2.41. The first-order valence-corrected chi connectivity index (χ1v) is 8.70. The zero-order valence-corrected chi connectivity index (χ0v) is 16.0. The van der Waals surface area contributed by atoms with Crippen molar-refractivity contribution in [2.45, 2.75) is 31.2 Å². The molecular weight excluding hydrogens is 348 g/mol. The topological polar surface area (TPSA) is 63.2 Å². The molecule has 6 heteroatoms. The van der Waals surface area contributed by atoms with E-state index in [1.165, 1.54) is 14.2 Å². The second-order valence-electron chi connectivity index (χ2n) is 7.19. The summed E-state index contributed by atoms with van der Waals surface area (Å²) in [6, 6.07) is 11.2. The molecule has 0 N–H and O–H groups in total. The van der Waals surface area contributed by atoms with Gasteiger partial charge in [-0.3, -0.25) is 0 Å². The van der Waals surface area contributed by atoms with Crippen molar-refractivity contribution in [1.82, 2.24) is 0 Å². The third-order valence-electron chi connectivity index (χ3n) is 5.43. The van der Waals surface area contributed by atoms with E-state index in [4.69, 9.17) is 23.7 Å². The van der Waals surface area contributed by atoms with Crippen LogP contribution in [0.3, 0.4) is 0 Å². The minimum Gasteiger partial charge on any atom is -0.493 e. The Morgan fingerprint density at radius 3 is 2.22 bits per heavy atom. The number of carbonyl (C=O) groups is 1. The average Bonchev–Trinajstić information content (AvgIpc) is 3.02. The van der Waals surface area contributed by atoms with E-state index in [0.717, 1.165) is 5.56 Å². The Balaban J connectivity index is 2.15. The number of benzene rings is 2. The average molecular weight is 370 g/mol. The van der Waals surface area contributed by atoms with E-state index in [9.17, 15) is 4.79 Å². The molecule has 2 atom stereocenters. The molecule has 1 saturated heterocycles. The van der Waals surface area contributed by atoms with E-state index in [1.54, 1.807) is 7.11 Å². The first-order chi connectivity index (χ1) is 12.9. The van der Waals surface area contributed by atoms with Gasteiger partial charge in [0.1, 0.15) is 0 Å². The maximum Gasteiger partial charge on any atom is 0.350 e. The lowest BCUT2D eigenvalue weighted by molar-refractivity contribution is -0.149. The van der Waals surface area contributed by atoms with Gasteiger partial charge >= 0.3 is 5.97 Å². The van der Waals surface area contributed by atoms with Crippen molar-refractivity contribution in [3.8, 4) is 17.2 Å². The van der Waals surface area contributed by atoms with Crippen LogP contribution in [0.1, 0.15) is 30.5 Å². The van der Waals surface area contributed by atoms with Crippen LogP contribution in [0.2, 0.25) is 0 Å². The molecule has 4 rings (SSSR count). The number of methoxy groups -OCH3 is 3. The molecule has 2 heterocycles. The standard InChI is InChI=1S/C21H22O6/c1-20(2)13-11-14(23-3)16(24-4)17(25-5)15(13)21(12-9-7-6-8-10-12)18(22)26-19(20)27-21/h6-11,19H,1-5H3. The van der Waals surface area contributed by atoms with Crippen LogP contribution in [0.25, 0.3) is 0 Å². The minimum absolute atomic E-state index is 0.404. The molecule has 2 aliphatic rings. The Labute approximate surface area is 157 Å².